The van der Waals surface area contributed by atoms with Crippen LogP contribution in [0.4, 0.5) is 0 Å². The molecule has 2 heterocycles. The average Bonchev–Trinajstić information content (AvgIpc) is 2.36. The predicted molar refractivity (Wildman–Crippen MR) is 42.4 cm³/mol. The molecule has 0 aromatic heterocycles. The Morgan fingerprint density at radius 1 is 1.58 bits per heavy atom. The van der Waals surface area contributed by atoms with Crippen LogP contribution in [-0.4, -0.2) is 22.2 Å². The van der Waals surface area contributed by atoms with Crippen LogP contribution in [0.25, 0.3) is 0 Å². The van der Waals surface area contributed by atoms with Crippen LogP contribution in [0.3, 0.4) is 0 Å². The Morgan fingerprint density at radius 3 is 2.50 bits per heavy atom. The molecule has 0 saturated carbocycles. The zero-order valence-electron chi connectivity index (χ0n) is 7.11. The van der Waals surface area contributed by atoms with Crippen molar-refractivity contribution in [3.05, 3.63) is 22.3 Å². The van der Waals surface area contributed by atoms with Gasteiger partial charge in [0, 0.05) is 4.92 Å². The molecule has 0 radical (unpaired) electrons. The Kier molecular flexibility index (Phi) is 1.21. The van der Waals surface area contributed by atoms with Crippen molar-refractivity contribution >= 4 is 0 Å². The van der Waals surface area contributed by atoms with Crippen molar-refractivity contribution < 1.29 is 9.66 Å². The van der Waals surface area contributed by atoms with E-state index in [2.05, 4.69) is 0 Å². The molecule has 0 N–H and O–H groups in total. The van der Waals surface area contributed by atoms with Gasteiger partial charge in [-0.3, -0.25) is 10.1 Å². The van der Waals surface area contributed by atoms with Crippen LogP contribution in [0.15, 0.2) is 12.2 Å². The zero-order chi connectivity index (χ0) is 8.98. The molecule has 1 fully saturated rings. The van der Waals surface area contributed by atoms with Gasteiger partial charge in [0.1, 0.15) is 0 Å². The van der Waals surface area contributed by atoms with Gasteiger partial charge in [0.25, 0.3) is 0 Å². The first-order chi connectivity index (χ1) is 5.45. The molecule has 2 rings (SSSR count). The fourth-order valence-corrected chi connectivity index (χ4v) is 2.07. The smallest absolute Gasteiger partial charge is 0.247 e. The molecular formula is C8H11NO3. The highest BCUT2D eigenvalue weighted by atomic mass is 16.6. The van der Waals surface area contributed by atoms with Gasteiger partial charge in [-0.05, 0) is 19.9 Å². The summed E-state index contributed by atoms with van der Waals surface area (Å²) in [6.45, 7) is 3.66. The van der Waals surface area contributed by atoms with Crippen LogP contribution >= 0.6 is 0 Å². The number of rotatable bonds is 1. The van der Waals surface area contributed by atoms with Crippen LogP contribution in [0.5, 0.6) is 0 Å². The first kappa shape index (κ1) is 7.73. The maximum atomic E-state index is 10.6. The molecule has 0 spiro atoms. The normalized spacial score (nSPS) is 50.0. The van der Waals surface area contributed by atoms with Crippen LogP contribution in [-0.2, 0) is 4.74 Å². The van der Waals surface area contributed by atoms with E-state index in [1.807, 2.05) is 19.1 Å². The lowest BCUT2D eigenvalue weighted by molar-refractivity contribution is -0.532. The van der Waals surface area contributed by atoms with Gasteiger partial charge in [-0.15, -0.1) is 0 Å². The molecule has 4 heteroatoms. The summed E-state index contributed by atoms with van der Waals surface area (Å²) in [6.07, 6.45) is 4.23. The van der Waals surface area contributed by atoms with Gasteiger partial charge in [0.05, 0.1) is 12.0 Å². The molecule has 0 aromatic carbocycles. The summed E-state index contributed by atoms with van der Waals surface area (Å²) in [5.41, 5.74) is -1.06. The quantitative estimate of drug-likeness (QED) is 0.336. The number of hydrogen-bond acceptors (Lipinski definition) is 3. The summed E-state index contributed by atoms with van der Waals surface area (Å²) >= 11 is 0. The zero-order valence-corrected chi connectivity index (χ0v) is 7.11. The number of fused-ring (bicyclic) bond motifs is 2. The van der Waals surface area contributed by atoms with Crippen molar-refractivity contribution in [2.24, 2.45) is 0 Å². The molecule has 2 aliphatic heterocycles. The molecule has 4 nitrogen and oxygen atoms in total. The van der Waals surface area contributed by atoms with Gasteiger partial charge in [-0.25, -0.2) is 0 Å². The second-order valence-corrected chi connectivity index (χ2v) is 3.94. The molecule has 2 aliphatic rings. The third-order valence-electron chi connectivity index (χ3n) is 2.73. The molecule has 1 saturated heterocycles. The minimum Gasteiger partial charge on any atom is -0.353 e. The minimum atomic E-state index is -0.668. The Morgan fingerprint density at radius 2 is 2.25 bits per heavy atom. The maximum absolute atomic E-state index is 10.6. The standard InChI is InChI=1S/C8H11NO3/c1-7-3-4-8(2,12-7)6(5-7)9(10)11/h3-4,6H,5H2,1-2H3. The lowest BCUT2D eigenvalue weighted by Crippen LogP contribution is -2.39. The number of nitrogens with zero attached hydrogens (tertiary/aromatic N) is 1. The van der Waals surface area contributed by atoms with Gasteiger partial charge < -0.3 is 4.74 Å². The highest BCUT2D eigenvalue weighted by Gasteiger charge is 2.59. The maximum Gasteiger partial charge on any atom is 0.247 e. The van der Waals surface area contributed by atoms with Crippen molar-refractivity contribution in [2.75, 3.05) is 0 Å². The summed E-state index contributed by atoms with van der Waals surface area (Å²) in [5, 5.41) is 10.6. The molecule has 0 aliphatic carbocycles. The van der Waals surface area contributed by atoms with E-state index in [0.717, 1.165) is 0 Å². The van der Waals surface area contributed by atoms with E-state index in [4.69, 9.17) is 4.74 Å². The first-order valence-electron chi connectivity index (χ1n) is 3.99. The molecule has 66 valence electrons. The number of ether oxygens (including phenoxy) is 1. The highest BCUT2D eigenvalue weighted by Crippen LogP contribution is 2.46. The van der Waals surface area contributed by atoms with E-state index in [-0.39, 0.29) is 4.92 Å². The lowest BCUT2D eigenvalue weighted by Gasteiger charge is -2.18. The number of nitro groups is 1. The predicted octanol–water partition coefficient (Wildman–Crippen LogP) is 1.14. The van der Waals surface area contributed by atoms with Crippen LogP contribution in [0.2, 0.25) is 0 Å². The lowest BCUT2D eigenvalue weighted by atomic mass is 9.86. The highest BCUT2D eigenvalue weighted by molar-refractivity contribution is 5.24. The third kappa shape index (κ3) is 0.813. The Bertz CT molecular complexity index is 275. The van der Waals surface area contributed by atoms with Crippen molar-refractivity contribution in [3.8, 4) is 0 Å². The number of hydrogen-bond donors (Lipinski definition) is 0. The molecule has 3 atom stereocenters. The fourth-order valence-electron chi connectivity index (χ4n) is 2.07. The summed E-state index contributed by atoms with van der Waals surface area (Å²) < 4.78 is 5.57. The second-order valence-electron chi connectivity index (χ2n) is 3.94. The van der Waals surface area contributed by atoms with Crippen molar-refractivity contribution in [1.29, 1.82) is 0 Å². The first-order valence-corrected chi connectivity index (χ1v) is 3.99. The van der Waals surface area contributed by atoms with Gasteiger partial charge in [0.2, 0.25) is 6.04 Å². The van der Waals surface area contributed by atoms with Gasteiger partial charge in [-0.2, -0.15) is 0 Å². The third-order valence-corrected chi connectivity index (χ3v) is 2.73. The monoisotopic (exact) mass is 169 g/mol. The SMILES string of the molecule is CC12C=CC(C)(O1)C([N+](=O)[O-])C2. The van der Waals surface area contributed by atoms with Crippen LogP contribution in [0, 0.1) is 10.1 Å². The van der Waals surface area contributed by atoms with Crippen LogP contribution < -0.4 is 0 Å². The molecular weight excluding hydrogens is 158 g/mol. The largest absolute Gasteiger partial charge is 0.353 e. The molecule has 3 unspecified atom stereocenters. The van der Waals surface area contributed by atoms with E-state index in [9.17, 15) is 10.1 Å². The van der Waals surface area contributed by atoms with Crippen molar-refractivity contribution in [2.45, 2.75) is 37.5 Å². The second kappa shape index (κ2) is 1.88. The Labute approximate surface area is 70.4 Å². The van der Waals surface area contributed by atoms with E-state index in [1.54, 1.807) is 6.92 Å². The van der Waals surface area contributed by atoms with Crippen molar-refractivity contribution in [3.63, 3.8) is 0 Å². The Balaban J connectivity index is 2.35. The summed E-state index contributed by atoms with van der Waals surface area (Å²) in [4.78, 5) is 10.4. The summed E-state index contributed by atoms with van der Waals surface area (Å²) in [5.74, 6) is 0. The van der Waals surface area contributed by atoms with E-state index in [1.165, 1.54) is 0 Å². The molecule has 0 amide bonds. The Hall–Kier alpha value is -0.900. The van der Waals surface area contributed by atoms with E-state index in [0.29, 0.717) is 6.42 Å². The van der Waals surface area contributed by atoms with Crippen molar-refractivity contribution in [1.82, 2.24) is 0 Å². The molecule has 0 aromatic rings. The average molecular weight is 169 g/mol. The summed E-state index contributed by atoms with van der Waals surface area (Å²) in [6, 6.07) is -0.576. The van der Waals surface area contributed by atoms with Crippen LogP contribution in [0.1, 0.15) is 20.3 Å². The fraction of sp³-hybridized carbons (Fsp3) is 0.750. The topological polar surface area (TPSA) is 52.4 Å². The van der Waals surface area contributed by atoms with Gasteiger partial charge >= 0.3 is 0 Å². The van der Waals surface area contributed by atoms with Gasteiger partial charge in [-0.1, -0.05) is 6.08 Å². The van der Waals surface area contributed by atoms with E-state index >= 15 is 0 Å². The minimum absolute atomic E-state index is 0.241. The molecule has 2 bridgehead atoms. The van der Waals surface area contributed by atoms with E-state index < -0.39 is 17.2 Å². The molecule has 12 heavy (non-hydrogen) atoms. The summed E-state index contributed by atoms with van der Waals surface area (Å²) in [7, 11) is 0. The van der Waals surface area contributed by atoms with Gasteiger partial charge in [0.15, 0.2) is 5.60 Å².